The van der Waals surface area contributed by atoms with Crippen LogP contribution < -0.4 is 5.73 Å². The maximum atomic E-state index is 12.8. The summed E-state index contributed by atoms with van der Waals surface area (Å²) >= 11 is 0. The van der Waals surface area contributed by atoms with Crippen LogP contribution in [0.15, 0.2) is 18.3 Å². The fourth-order valence-corrected chi connectivity index (χ4v) is 1.76. The molecule has 17 heavy (non-hydrogen) atoms. The molecule has 5 heteroatoms. The zero-order valence-corrected chi connectivity index (χ0v) is 10.1. The Hall–Kier alpha value is -1.49. The van der Waals surface area contributed by atoms with Crippen molar-refractivity contribution >= 4 is 5.97 Å². The van der Waals surface area contributed by atoms with Crippen molar-refractivity contribution in [2.75, 3.05) is 13.7 Å². The van der Waals surface area contributed by atoms with E-state index in [1.54, 1.807) is 6.07 Å². The minimum absolute atomic E-state index is 0.148. The number of rotatable bonds is 5. The van der Waals surface area contributed by atoms with Gasteiger partial charge in [-0.3, -0.25) is 9.78 Å². The molecule has 1 atom stereocenters. The summed E-state index contributed by atoms with van der Waals surface area (Å²) in [6, 6.07) is 2.88. The Morgan fingerprint density at radius 3 is 2.71 bits per heavy atom. The third kappa shape index (κ3) is 3.00. The zero-order valence-electron chi connectivity index (χ0n) is 10.1. The van der Waals surface area contributed by atoms with Crippen LogP contribution in [0, 0.1) is 5.82 Å². The second-order valence-electron chi connectivity index (χ2n) is 3.95. The number of nitrogens with two attached hydrogens (primary N) is 1. The van der Waals surface area contributed by atoms with Crippen LogP contribution in [0.3, 0.4) is 0 Å². The predicted molar refractivity (Wildman–Crippen MR) is 61.9 cm³/mol. The summed E-state index contributed by atoms with van der Waals surface area (Å²) in [6.07, 6.45) is 1.92. The molecule has 1 rings (SSSR count). The van der Waals surface area contributed by atoms with Gasteiger partial charge in [-0.25, -0.2) is 4.39 Å². The third-order valence-electron chi connectivity index (χ3n) is 3.05. The van der Waals surface area contributed by atoms with Crippen LogP contribution in [-0.4, -0.2) is 24.6 Å². The molecule has 2 N–H and O–H groups in total. The number of nitrogens with zero attached hydrogens (tertiary/aromatic N) is 1. The second kappa shape index (κ2) is 5.72. The SMILES string of the molecule is CCC(CN)(CC(=O)OC)c1ccc(F)cn1. The molecule has 0 spiro atoms. The first-order valence-electron chi connectivity index (χ1n) is 5.47. The number of esters is 1. The van der Waals surface area contributed by atoms with E-state index in [0.29, 0.717) is 12.1 Å². The minimum Gasteiger partial charge on any atom is -0.469 e. The Labute approximate surface area is 100.0 Å². The number of aromatic nitrogens is 1. The molecule has 0 aliphatic rings. The third-order valence-corrected chi connectivity index (χ3v) is 3.05. The van der Waals surface area contributed by atoms with Crippen molar-refractivity contribution in [3.05, 3.63) is 29.8 Å². The molecule has 0 aromatic carbocycles. The van der Waals surface area contributed by atoms with Crippen LogP contribution in [-0.2, 0) is 14.9 Å². The van der Waals surface area contributed by atoms with E-state index in [1.165, 1.54) is 13.2 Å². The lowest BCUT2D eigenvalue weighted by molar-refractivity contribution is -0.142. The first kappa shape index (κ1) is 13.6. The van der Waals surface area contributed by atoms with Gasteiger partial charge in [0, 0.05) is 17.7 Å². The second-order valence-corrected chi connectivity index (χ2v) is 3.95. The predicted octanol–water partition coefficient (Wildman–Crippen LogP) is 1.39. The Bertz CT molecular complexity index is 375. The van der Waals surface area contributed by atoms with Crippen LogP contribution in [0.5, 0.6) is 0 Å². The molecule has 1 aromatic heterocycles. The largest absolute Gasteiger partial charge is 0.469 e. The van der Waals surface area contributed by atoms with Crippen molar-refractivity contribution in [2.45, 2.75) is 25.2 Å². The zero-order chi connectivity index (χ0) is 12.9. The highest BCUT2D eigenvalue weighted by molar-refractivity contribution is 5.71. The summed E-state index contributed by atoms with van der Waals surface area (Å²) in [6.45, 7) is 2.18. The van der Waals surface area contributed by atoms with E-state index in [9.17, 15) is 9.18 Å². The minimum atomic E-state index is -0.583. The van der Waals surface area contributed by atoms with E-state index in [2.05, 4.69) is 9.72 Å². The highest BCUT2D eigenvalue weighted by Gasteiger charge is 2.33. The van der Waals surface area contributed by atoms with E-state index in [1.807, 2.05) is 6.92 Å². The monoisotopic (exact) mass is 240 g/mol. The van der Waals surface area contributed by atoms with Gasteiger partial charge in [-0.1, -0.05) is 6.92 Å². The number of halogens is 1. The fourth-order valence-electron chi connectivity index (χ4n) is 1.76. The van der Waals surface area contributed by atoms with E-state index >= 15 is 0 Å². The van der Waals surface area contributed by atoms with Gasteiger partial charge in [0.15, 0.2) is 0 Å². The summed E-state index contributed by atoms with van der Waals surface area (Å²) in [5.74, 6) is -0.753. The maximum Gasteiger partial charge on any atom is 0.306 e. The molecule has 1 heterocycles. The maximum absolute atomic E-state index is 12.8. The van der Waals surface area contributed by atoms with Gasteiger partial charge in [0.2, 0.25) is 0 Å². The molecule has 4 nitrogen and oxygen atoms in total. The van der Waals surface area contributed by atoms with Crippen molar-refractivity contribution in [3.8, 4) is 0 Å². The number of hydrogen-bond donors (Lipinski definition) is 1. The molecular formula is C12H17FN2O2. The van der Waals surface area contributed by atoms with Gasteiger partial charge in [-0.2, -0.15) is 0 Å². The lowest BCUT2D eigenvalue weighted by Gasteiger charge is -2.29. The Morgan fingerprint density at radius 2 is 2.29 bits per heavy atom. The topological polar surface area (TPSA) is 65.2 Å². The van der Waals surface area contributed by atoms with Crippen molar-refractivity contribution in [3.63, 3.8) is 0 Å². The Morgan fingerprint density at radius 1 is 1.59 bits per heavy atom. The standard InChI is InChI=1S/C12H17FN2O2/c1-3-12(8-14,6-11(16)17-2)10-5-4-9(13)7-15-10/h4-5,7H,3,6,8,14H2,1-2H3. The van der Waals surface area contributed by atoms with E-state index < -0.39 is 11.2 Å². The van der Waals surface area contributed by atoms with Gasteiger partial charge in [-0.05, 0) is 18.6 Å². The molecule has 0 saturated carbocycles. The number of methoxy groups -OCH3 is 1. The van der Waals surface area contributed by atoms with Crippen molar-refractivity contribution in [1.29, 1.82) is 0 Å². The van der Waals surface area contributed by atoms with Gasteiger partial charge in [-0.15, -0.1) is 0 Å². The van der Waals surface area contributed by atoms with Crippen LogP contribution >= 0.6 is 0 Å². The number of pyridine rings is 1. The van der Waals surface area contributed by atoms with Gasteiger partial charge in [0.1, 0.15) is 5.82 Å². The van der Waals surface area contributed by atoms with Crippen LogP contribution in [0.4, 0.5) is 4.39 Å². The lowest BCUT2D eigenvalue weighted by atomic mass is 9.78. The normalized spacial score (nSPS) is 14.1. The molecule has 0 fully saturated rings. The number of ether oxygens (including phenoxy) is 1. The van der Waals surface area contributed by atoms with Crippen molar-refractivity contribution in [2.24, 2.45) is 5.73 Å². The summed E-state index contributed by atoms with van der Waals surface area (Å²) in [4.78, 5) is 15.4. The average molecular weight is 240 g/mol. The summed E-state index contributed by atoms with van der Waals surface area (Å²) < 4.78 is 17.5. The molecule has 0 amide bonds. The number of carbonyl (C=O) groups is 1. The smallest absolute Gasteiger partial charge is 0.306 e. The van der Waals surface area contributed by atoms with Crippen LogP contribution in [0.2, 0.25) is 0 Å². The average Bonchev–Trinajstić information content (AvgIpc) is 2.37. The first-order valence-corrected chi connectivity index (χ1v) is 5.47. The van der Waals surface area contributed by atoms with Crippen LogP contribution in [0.1, 0.15) is 25.5 Å². The van der Waals surface area contributed by atoms with Crippen LogP contribution in [0.25, 0.3) is 0 Å². The molecular weight excluding hydrogens is 223 g/mol. The van der Waals surface area contributed by atoms with Crippen molar-refractivity contribution < 1.29 is 13.9 Å². The summed E-state index contributed by atoms with van der Waals surface area (Å²) in [5.41, 5.74) is 5.79. The van der Waals surface area contributed by atoms with Gasteiger partial charge < -0.3 is 10.5 Å². The van der Waals surface area contributed by atoms with E-state index in [-0.39, 0.29) is 18.9 Å². The first-order chi connectivity index (χ1) is 8.07. The number of hydrogen-bond acceptors (Lipinski definition) is 4. The molecule has 1 aromatic rings. The fraction of sp³-hybridized carbons (Fsp3) is 0.500. The lowest BCUT2D eigenvalue weighted by Crippen LogP contribution is -2.38. The van der Waals surface area contributed by atoms with Crippen molar-refractivity contribution in [1.82, 2.24) is 4.98 Å². The Balaban J connectivity index is 3.05. The summed E-state index contributed by atoms with van der Waals surface area (Å²) in [5, 5.41) is 0. The van der Waals surface area contributed by atoms with E-state index in [4.69, 9.17) is 5.73 Å². The quantitative estimate of drug-likeness (QED) is 0.790. The molecule has 0 bridgehead atoms. The van der Waals surface area contributed by atoms with Gasteiger partial charge in [0.25, 0.3) is 0 Å². The summed E-state index contributed by atoms with van der Waals surface area (Å²) in [7, 11) is 1.33. The Kier molecular flexibility index (Phi) is 4.57. The highest BCUT2D eigenvalue weighted by Crippen LogP contribution is 2.29. The molecule has 0 aliphatic carbocycles. The molecule has 0 radical (unpaired) electrons. The van der Waals surface area contributed by atoms with Gasteiger partial charge >= 0.3 is 5.97 Å². The number of carbonyl (C=O) groups excluding carboxylic acids is 1. The molecule has 94 valence electrons. The van der Waals surface area contributed by atoms with Gasteiger partial charge in [0.05, 0.1) is 19.7 Å². The molecule has 0 saturated heterocycles. The molecule has 0 aliphatic heterocycles. The molecule has 1 unspecified atom stereocenters. The highest BCUT2D eigenvalue weighted by atomic mass is 19.1. The van der Waals surface area contributed by atoms with E-state index in [0.717, 1.165) is 6.20 Å².